The van der Waals surface area contributed by atoms with E-state index in [-0.39, 0.29) is 22.9 Å². The smallest absolute Gasteiger partial charge is 0.254 e. The lowest BCUT2D eigenvalue weighted by Gasteiger charge is -2.18. The number of aryl methyl sites for hydroxylation is 2. The molecule has 2 amide bonds. The van der Waals surface area contributed by atoms with Crippen LogP contribution in [0.1, 0.15) is 21.5 Å². The normalized spacial score (nSPS) is 11.1. The predicted molar refractivity (Wildman–Crippen MR) is 104 cm³/mol. The summed E-state index contributed by atoms with van der Waals surface area (Å²) in [6.07, 6.45) is 0. The zero-order chi connectivity index (χ0) is 20.2. The van der Waals surface area contributed by atoms with Crippen molar-refractivity contribution in [1.29, 1.82) is 0 Å². The number of hydrogen-bond acceptors (Lipinski definition) is 4. The SMILES string of the molecule is CNS(=O)(=O)c1cccc(C(=O)N(C)CC(=O)Nc2c(C)cccc2C)c1. The first-order valence-electron chi connectivity index (χ1n) is 8.31. The van der Waals surface area contributed by atoms with E-state index >= 15 is 0 Å². The van der Waals surface area contributed by atoms with Crippen LogP contribution in [0.4, 0.5) is 5.69 Å². The summed E-state index contributed by atoms with van der Waals surface area (Å²) < 4.78 is 26.0. The van der Waals surface area contributed by atoms with Crippen molar-refractivity contribution < 1.29 is 18.0 Å². The lowest BCUT2D eigenvalue weighted by atomic mass is 10.1. The van der Waals surface area contributed by atoms with Gasteiger partial charge in [-0.1, -0.05) is 24.3 Å². The molecule has 0 saturated carbocycles. The molecule has 7 nitrogen and oxygen atoms in total. The molecule has 0 aromatic heterocycles. The Morgan fingerprint density at radius 2 is 1.63 bits per heavy atom. The highest BCUT2D eigenvalue weighted by molar-refractivity contribution is 7.89. The van der Waals surface area contributed by atoms with Crippen LogP contribution in [-0.2, 0) is 14.8 Å². The van der Waals surface area contributed by atoms with Crippen LogP contribution in [0.15, 0.2) is 47.4 Å². The molecule has 0 saturated heterocycles. The molecular weight excluding hydrogens is 366 g/mol. The van der Waals surface area contributed by atoms with Crippen LogP contribution < -0.4 is 10.0 Å². The van der Waals surface area contributed by atoms with E-state index in [1.54, 1.807) is 0 Å². The predicted octanol–water partition coefficient (Wildman–Crippen LogP) is 1.92. The third-order valence-electron chi connectivity index (χ3n) is 4.13. The van der Waals surface area contributed by atoms with Gasteiger partial charge in [-0.25, -0.2) is 13.1 Å². The number of amides is 2. The van der Waals surface area contributed by atoms with Gasteiger partial charge < -0.3 is 10.2 Å². The van der Waals surface area contributed by atoms with Crippen molar-refractivity contribution in [3.05, 3.63) is 59.2 Å². The zero-order valence-electron chi connectivity index (χ0n) is 15.7. The number of rotatable bonds is 6. The molecule has 2 aromatic rings. The highest BCUT2D eigenvalue weighted by Gasteiger charge is 2.19. The molecule has 0 fully saturated rings. The number of hydrogen-bond donors (Lipinski definition) is 2. The molecule has 2 rings (SSSR count). The van der Waals surface area contributed by atoms with Gasteiger partial charge in [0.05, 0.1) is 11.4 Å². The molecule has 0 spiro atoms. The van der Waals surface area contributed by atoms with Gasteiger partial charge in [-0.05, 0) is 50.2 Å². The summed E-state index contributed by atoms with van der Waals surface area (Å²) in [4.78, 5) is 26.1. The molecule has 0 bridgehead atoms. The molecule has 8 heteroatoms. The number of carbonyl (C=O) groups is 2. The van der Waals surface area contributed by atoms with Gasteiger partial charge in [0, 0.05) is 18.3 Å². The zero-order valence-corrected chi connectivity index (χ0v) is 16.6. The van der Waals surface area contributed by atoms with E-state index in [4.69, 9.17) is 0 Å². The quantitative estimate of drug-likeness (QED) is 0.789. The largest absolute Gasteiger partial charge is 0.332 e. The van der Waals surface area contributed by atoms with Crippen molar-refractivity contribution >= 4 is 27.5 Å². The maximum absolute atomic E-state index is 12.6. The first kappa shape index (κ1) is 20.6. The maximum atomic E-state index is 12.6. The number of sulfonamides is 1. The molecule has 27 heavy (non-hydrogen) atoms. The fourth-order valence-corrected chi connectivity index (χ4v) is 3.39. The maximum Gasteiger partial charge on any atom is 0.254 e. The number of para-hydroxylation sites is 1. The molecular formula is C19H23N3O4S. The average Bonchev–Trinajstić information content (AvgIpc) is 2.64. The van der Waals surface area contributed by atoms with Crippen LogP contribution in [0.5, 0.6) is 0 Å². The fourth-order valence-electron chi connectivity index (χ4n) is 2.61. The first-order valence-corrected chi connectivity index (χ1v) is 9.79. The number of likely N-dealkylation sites (N-methyl/N-ethyl adjacent to an activating group) is 1. The summed E-state index contributed by atoms with van der Waals surface area (Å²) in [6.45, 7) is 3.63. The van der Waals surface area contributed by atoms with E-state index in [9.17, 15) is 18.0 Å². The van der Waals surface area contributed by atoms with Crippen molar-refractivity contribution in [2.45, 2.75) is 18.7 Å². The van der Waals surface area contributed by atoms with E-state index in [2.05, 4.69) is 10.0 Å². The first-order chi connectivity index (χ1) is 12.7. The lowest BCUT2D eigenvalue weighted by molar-refractivity contribution is -0.116. The topological polar surface area (TPSA) is 95.6 Å². The minimum Gasteiger partial charge on any atom is -0.332 e. The summed E-state index contributed by atoms with van der Waals surface area (Å²) in [5.74, 6) is -0.776. The van der Waals surface area contributed by atoms with E-state index in [1.165, 1.54) is 43.3 Å². The van der Waals surface area contributed by atoms with Crippen LogP contribution >= 0.6 is 0 Å². The molecule has 0 radical (unpaired) electrons. The summed E-state index contributed by atoms with van der Waals surface area (Å²) >= 11 is 0. The highest BCUT2D eigenvalue weighted by atomic mass is 32.2. The Labute approximate surface area is 159 Å². The second kappa shape index (κ2) is 8.32. The molecule has 0 heterocycles. The molecule has 0 aliphatic carbocycles. The standard InChI is InChI=1S/C19H23N3O4S/c1-13-7-5-8-14(2)18(13)21-17(23)12-22(4)19(24)15-9-6-10-16(11-15)27(25,26)20-3/h5-11,20H,12H2,1-4H3,(H,21,23). The molecule has 0 atom stereocenters. The van der Waals surface area contributed by atoms with Gasteiger partial charge >= 0.3 is 0 Å². The van der Waals surface area contributed by atoms with Crippen molar-refractivity contribution in [2.24, 2.45) is 0 Å². The van der Waals surface area contributed by atoms with E-state index in [1.807, 2.05) is 32.0 Å². The van der Waals surface area contributed by atoms with E-state index in [0.29, 0.717) is 0 Å². The second-order valence-electron chi connectivity index (χ2n) is 6.21. The summed E-state index contributed by atoms with van der Waals surface area (Å²) in [7, 11) is -0.862. The molecule has 2 aromatic carbocycles. The van der Waals surface area contributed by atoms with Gasteiger partial charge in [0.1, 0.15) is 0 Å². The Morgan fingerprint density at radius 3 is 2.22 bits per heavy atom. The van der Waals surface area contributed by atoms with Crippen LogP contribution in [-0.4, -0.2) is 45.8 Å². The Morgan fingerprint density at radius 1 is 1.04 bits per heavy atom. The van der Waals surface area contributed by atoms with Crippen molar-refractivity contribution in [3.63, 3.8) is 0 Å². The van der Waals surface area contributed by atoms with Gasteiger partial charge in [0.15, 0.2) is 0 Å². The highest BCUT2D eigenvalue weighted by Crippen LogP contribution is 2.19. The van der Waals surface area contributed by atoms with Crippen LogP contribution in [0, 0.1) is 13.8 Å². The molecule has 0 aliphatic rings. The summed E-state index contributed by atoms with van der Waals surface area (Å²) in [5.41, 5.74) is 2.78. The van der Waals surface area contributed by atoms with E-state index < -0.39 is 15.9 Å². The molecule has 144 valence electrons. The third-order valence-corrected chi connectivity index (χ3v) is 5.55. The Hall–Kier alpha value is -2.71. The van der Waals surface area contributed by atoms with Gasteiger partial charge in [-0.15, -0.1) is 0 Å². The monoisotopic (exact) mass is 389 g/mol. The number of anilines is 1. The van der Waals surface area contributed by atoms with Gasteiger partial charge in [0.2, 0.25) is 15.9 Å². The van der Waals surface area contributed by atoms with Crippen molar-refractivity contribution in [1.82, 2.24) is 9.62 Å². The Bertz CT molecular complexity index is 950. The number of nitrogens with zero attached hydrogens (tertiary/aromatic N) is 1. The van der Waals surface area contributed by atoms with Gasteiger partial charge in [0.25, 0.3) is 5.91 Å². The Balaban J connectivity index is 2.12. The minimum atomic E-state index is -3.65. The van der Waals surface area contributed by atoms with Crippen molar-refractivity contribution in [3.8, 4) is 0 Å². The van der Waals surface area contributed by atoms with Crippen LogP contribution in [0.2, 0.25) is 0 Å². The van der Waals surface area contributed by atoms with Gasteiger partial charge in [-0.3, -0.25) is 9.59 Å². The third kappa shape index (κ3) is 4.93. The summed E-state index contributed by atoms with van der Waals surface area (Å²) in [6, 6.07) is 11.4. The number of carbonyl (C=O) groups excluding carboxylic acids is 2. The van der Waals surface area contributed by atoms with Gasteiger partial charge in [-0.2, -0.15) is 0 Å². The lowest BCUT2D eigenvalue weighted by Crippen LogP contribution is -2.35. The average molecular weight is 389 g/mol. The molecule has 2 N–H and O–H groups in total. The van der Waals surface area contributed by atoms with Crippen molar-refractivity contribution in [2.75, 3.05) is 26.0 Å². The van der Waals surface area contributed by atoms with Crippen LogP contribution in [0.25, 0.3) is 0 Å². The number of benzene rings is 2. The second-order valence-corrected chi connectivity index (χ2v) is 8.10. The number of nitrogens with one attached hydrogen (secondary N) is 2. The van der Waals surface area contributed by atoms with E-state index in [0.717, 1.165) is 16.8 Å². The molecule has 0 unspecified atom stereocenters. The fraction of sp³-hybridized carbons (Fsp3) is 0.263. The molecule has 0 aliphatic heterocycles. The Kier molecular flexibility index (Phi) is 6.35. The minimum absolute atomic E-state index is 0.00997. The van der Waals surface area contributed by atoms with Crippen LogP contribution in [0.3, 0.4) is 0 Å². The summed E-state index contributed by atoms with van der Waals surface area (Å²) in [5, 5.41) is 2.82.